The first-order valence-electron chi connectivity index (χ1n) is 5.14. The van der Waals surface area contributed by atoms with Crippen molar-refractivity contribution in [1.82, 2.24) is 0 Å². The van der Waals surface area contributed by atoms with E-state index in [1.807, 2.05) is 31.2 Å². The van der Waals surface area contributed by atoms with Crippen molar-refractivity contribution in [3.8, 4) is 0 Å². The normalized spacial score (nSPS) is 10.1. The molecule has 0 bridgehead atoms. The SMILES string of the molecule is Cc1ccc(C(=O)c2ccc(N)cc2)cc1. The Morgan fingerprint density at radius 2 is 1.31 bits per heavy atom. The second-order valence-corrected chi connectivity index (χ2v) is 3.82. The van der Waals surface area contributed by atoms with Gasteiger partial charge in [0.1, 0.15) is 0 Å². The first-order valence-corrected chi connectivity index (χ1v) is 5.14. The number of hydrogen-bond donors (Lipinski definition) is 1. The van der Waals surface area contributed by atoms with Crippen molar-refractivity contribution in [2.75, 3.05) is 5.73 Å². The van der Waals surface area contributed by atoms with E-state index in [9.17, 15) is 4.79 Å². The largest absolute Gasteiger partial charge is 0.399 e. The van der Waals surface area contributed by atoms with E-state index in [1.165, 1.54) is 0 Å². The highest BCUT2D eigenvalue weighted by Crippen LogP contribution is 2.12. The second-order valence-electron chi connectivity index (χ2n) is 3.82. The van der Waals surface area contributed by atoms with Gasteiger partial charge in [-0.15, -0.1) is 0 Å². The number of nitrogen functional groups attached to an aromatic ring is 1. The van der Waals surface area contributed by atoms with Gasteiger partial charge >= 0.3 is 0 Å². The number of rotatable bonds is 2. The number of ketones is 1. The van der Waals surface area contributed by atoms with Crippen LogP contribution in [0, 0.1) is 6.92 Å². The van der Waals surface area contributed by atoms with Crippen LogP contribution in [0.5, 0.6) is 0 Å². The Hall–Kier alpha value is -2.09. The minimum Gasteiger partial charge on any atom is -0.399 e. The third-order valence-corrected chi connectivity index (χ3v) is 2.49. The van der Waals surface area contributed by atoms with Gasteiger partial charge < -0.3 is 5.73 Å². The van der Waals surface area contributed by atoms with Gasteiger partial charge in [-0.2, -0.15) is 0 Å². The summed E-state index contributed by atoms with van der Waals surface area (Å²) in [6, 6.07) is 14.5. The zero-order valence-electron chi connectivity index (χ0n) is 9.10. The maximum atomic E-state index is 12.0. The van der Waals surface area contributed by atoms with Crippen molar-refractivity contribution in [3.63, 3.8) is 0 Å². The Morgan fingerprint density at radius 3 is 1.81 bits per heavy atom. The number of carbonyl (C=O) groups excluding carboxylic acids is 1. The summed E-state index contributed by atoms with van der Waals surface area (Å²) in [6.07, 6.45) is 0. The van der Waals surface area contributed by atoms with Crippen LogP contribution in [-0.2, 0) is 0 Å². The molecule has 0 aromatic heterocycles. The molecule has 0 saturated carbocycles. The Kier molecular flexibility index (Phi) is 2.73. The average Bonchev–Trinajstić information content (AvgIpc) is 2.30. The Labute approximate surface area is 94.7 Å². The zero-order chi connectivity index (χ0) is 11.5. The lowest BCUT2D eigenvalue weighted by molar-refractivity contribution is 0.103. The van der Waals surface area contributed by atoms with Gasteiger partial charge in [0, 0.05) is 16.8 Å². The van der Waals surface area contributed by atoms with Crippen LogP contribution in [0.3, 0.4) is 0 Å². The summed E-state index contributed by atoms with van der Waals surface area (Å²) in [5.41, 5.74) is 8.76. The molecule has 0 atom stereocenters. The fraction of sp³-hybridized carbons (Fsp3) is 0.0714. The number of anilines is 1. The molecule has 0 aliphatic rings. The van der Waals surface area contributed by atoms with Crippen LogP contribution in [0.25, 0.3) is 0 Å². The van der Waals surface area contributed by atoms with Crippen LogP contribution in [-0.4, -0.2) is 5.78 Å². The van der Waals surface area contributed by atoms with E-state index in [1.54, 1.807) is 24.3 Å². The molecule has 0 radical (unpaired) electrons. The Bertz CT molecular complexity index is 450. The molecule has 80 valence electrons. The van der Waals surface area contributed by atoms with Gasteiger partial charge in [0.05, 0.1) is 0 Å². The Morgan fingerprint density at radius 1 is 0.875 bits per heavy atom. The first kappa shape index (κ1) is 10.4. The summed E-state index contributed by atoms with van der Waals surface area (Å²) >= 11 is 0. The number of carbonyl (C=O) groups is 1. The van der Waals surface area contributed by atoms with Crippen LogP contribution in [0.2, 0.25) is 0 Å². The van der Waals surface area contributed by atoms with Crippen LogP contribution >= 0.6 is 0 Å². The van der Waals surface area contributed by atoms with Crippen LogP contribution < -0.4 is 5.73 Å². The minimum absolute atomic E-state index is 0.0278. The van der Waals surface area contributed by atoms with E-state index < -0.39 is 0 Å². The molecule has 2 aromatic carbocycles. The molecule has 2 heteroatoms. The molecule has 0 fully saturated rings. The standard InChI is InChI=1S/C14H13NO/c1-10-2-4-11(5-3-10)14(16)12-6-8-13(15)9-7-12/h2-9H,15H2,1H3. The minimum atomic E-state index is 0.0278. The number of aryl methyl sites for hydroxylation is 1. The van der Waals surface area contributed by atoms with Gasteiger partial charge in [0.15, 0.2) is 5.78 Å². The van der Waals surface area contributed by atoms with E-state index in [0.717, 1.165) is 5.56 Å². The molecule has 0 spiro atoms. The van der Waals surface area contributed by atoms with Crippen LogP contribution in [0.15, 0.2) is 48.5 Å². The molecule has 0 heterocycles. The smallest absolute Gasteiger partial charge is 0.193 e. The summed E-state index contributed by atoms with van der Waals surface area (Å²) in [6.45, 7) is 2.00. The highest BCUT2D eigenvalue weighted by molar-refractivity contribution is 6.09. The van der Waals surface area contributed by atoms with Gasteiger partial charge in [-0.3, -0.25) is 4.79 Å². The van der Waals surface area contributed by atoms with Crippen molar-refractivity contribution >= 4 is 11.5 Å². The second kappa shape index (κ2) is 4.19. The predicted octanol–water partition coefficient (Wildman–Crippen LogP) is 2.81. The summed E-state index contributed by atoms with van der Waals surface area (Å²) in [4.78, 5) is 12.0. The third-order valence-electron chi connectivity index (χ3n) is 2.49. The van der Waals surface area contributed by atoms with E-state index in [0.29, 0.717) is 16.8 Å². The monoisotopic (exact) mass is 211 g/mol. The van der Waals surface area contributed by atoms with Crippen molar-refractivity contribution in [2.45, 2.75) is 6.92 Å². The lowest BCUT2D eigenvalue weighted by Gasteiger charge is -2.02. The number of benzene rings is 2. The molecular weight excluding hydrogens is 198 g/mol. The van der Waals surface area contributed by atoms with E-state index >= 15 is 0 Å². The molecule has 0 amide bonds. The van der Waals surface area contributed by atoms with Crippen LogP contribution in [0.1, 0.15) is 21.5 Å². The molecule has 2 nitrogen and oxygen atoms in total. The molecular formula is C14H13NO. The molecule has 0 aliphatic carbocycles. The van der Waals surface area contributed by atoms with E-state index in [4.69, 9.17) is 5.73 Å². The summed E-state index contributed by atoms with van der Waals surface area (Å²) in [5, 5.41) is 0. The molecule has 0 saturated heterocycles. The summed E-state index contributed by atoms with van der Waals surface area (Å²) in [7, 11) is 0. The van der Waals surface area contributed by atoms with E-state index in [-0.39, 0.29) is 5.78 Å². The van der Waals surface area contributed by atoms with Gasteiger partial charge in [-0.05, 0) is 31.2 Å². The van der Waals surface area contributed by atoms with Crippen molar-refractivity contribution in [3.05, 3.63) is 65.2 Å². The van der Waals surface area contributed by atoms with Crippen molar-refractivity contribution < 1.29 is 4.79 Å². The zero-order valence-corrected chi connectivity index (χ0v) is 9.10. The fourth-order valence-electron chi connectivity index (χ4n) is 1.51. The van der Waals surface area contributed by atoms with E-state index in [2.05, 4.69) is 0 Å². The lowest BCUT2D eigenvalue weighted by atomic mass is 10.0. The molecule has 2 N–H and O–H groups in total. The topological polar surface area (TPSA) is 43.1 Å². The molecule has 0 aliphatic heterocycles. The quantitative estimate of drug-likeness (QED) is 0.613. The maximum Gasteiger partial charge on any atom is 0.193 e. The highest BCUT2D eigenvalue weighted by atomic mass is 16.1. The number of nitrogens with two attached hydrogens (primary N) is 1. The predicted molar refractivity (Wildman–Crippen MR) is 65.5 cm³/mol. The van der Waals surface area contributed by atoms with Gasteiger partial charge in [-0.25, -0.2) is 0 Å². The summed E-state index contributed by atoms with van der Waals surface area (Å²) < 4.78 is 0. The van der Waals surface area contributed by atoms with Crippen molar-refractivity contribution in [2.24, 2.45) is 0 Å². The summed E-state index contributed by atoms with van der Waals surface area (Å²) in [5.74, 6) is 0.0278. The van der Waals surface area contributed by atoms with Crippen LogP contribution in [0.4, 0.5) is 5.69 Å². The first-order chi connectivity index (χ1) is 7.66. The fourth-order valence-corrected chi connectivity index (χ4v) is 1.51. The molecule has 16 heavy (non-hydrogen) atoms. The van der Waals surface area contributed by atoms with Gasteiger partial charge in [-0.1, -0.05) is 29.8 Å². The molecule has 0 unspecified atom stereocenters. The number of hydrogen-bond acceptors (Lipinski definition) is 2. The molecule has 2 aromatic rings. The van der Waals surface area contributed by atoms with Crippen molar-refractivity contribution in [1.29, 1.82) is 0 Å². The van der Waals surface area contributed by atoms with Gasteiger partial charge in [0.2, 0.25) is 0 Å². The third kappa shape index (κ3) is 2.11. The lowest BCUT2D eigenvalue weighted by Crippen LogP contribution is -2.01. The average molecular weight is 211 g/mol. The highest BCUT2D eigenvalue weighted by Gasteiger charge is 2.07. The molecule has 2 rings (SSSR count). The maximum absolute atomic E-state index is 12.0. The Balaban J connectivity index is 2.32. The van der Waals surface area contributed by atoms with Gasteiger partial charge in [0.25, 0.3) is 0 Å².